The molecule has 7 nitrogen and oxygen atoms in total. The second-order valence-corrected chi connectivity index (χ2v) is 5.43. The highest BCUT2D eigenvalue weighted by Gasteiger charge is 2.21. The van der Waals surface area contributed by atoms with Crippen molar-refractivity contribution in [2.75, 3.05) is 33.9 Å². The maximum absolute atomic E-state index is 11.8. The first-order valence-corrected chi connectivity index (χ1v) is 7.25. The van der Waals surface area contributed by atoms with Crippen LogP contribution in [0.25, 0.3) is 0 Å². The minimum atomic E-state index is -0.102. The lowest BCUT2D eigenvalue weighted by Gasteiger charge is -2.20. The van der Waals surface area contributed by atoms with Crippen LogP contribution in [-0.2, 0) is 9.53 Å². The number of ether oxygens (including phenoxy) is 1. The van der Waals surface area contributed by atoms with Gasteiger partial charge in [-0.15, -0.1) is 0 Å². The van der Waals surface area contributed by atoms with E-state index < -0.39 is 0 Å². The van der Waals surface area contributed by atoms with E-state index in [0.29, 0.717) is 24.9 Å². The van der Waals surface area contributed by atoms with Crippen molar-refractivity contribution in [3.8, 4) is 0 Å². The van der Waals surface area contributed by atoms with Gasteiger partial charge in [-0.3, -0.25) is 9.69 Å². The Labute approximate surface area is 126 Å². The SMILES string of the molecule is COCCCNC(=O)CN(C)[C@@H](C)c1nc(C(C)C)no1. The Hall–Kier alpha value is -1.47. The van der Waals surface area contributed by atoms with Crippen LogP contribution in [0, 0.1) is 0 Å². The fraction of sp³-hybridized carbons (Fsp3) is 0.786. The lowest BCUT2D eigenvalue weighted by molar-refractivity contribution is -0.122. The number of nitrogens with zero attached hydrogens (tertiary/aromatic N) is 3. The normalized spacial score (nSPS) is 12.9. The number of methoxy groups -OCH3 is 1. The predicted octanol–water partition coefficient (Wildman–Crippen LogP) is 1.34. The Bertz CT molecular complexity index is 434. The van der Waals surface area contributed by atoms with E-state index in [1.807, 2.05) is 32.7 Å². The first-order chi connectivity index (χ1) is 9.95. The molecule has 0 saturated heterocycles. The van der Waals surface area contributed by atoms with Crippen molar-refractivity contribution in [1.82, 2.24) is 20.4 Å². The summed E-state index contributed by atoms with van der Waals surface area (Å²) >= 11 is 0. The molecule has 1 atom stereocenters. The van der Waals surface area contributed by atoms with Crippen LogP contribution in [0.5, 0.6) is 0 Å². The van der Waals surface area contributed by atoms with Crippen LogP contribution in [0.2, 0.25) is 0 Å². The number of aromatic nitrogens is 2. The summed E-state index contributed by atoms with van der Waals surface area (Å²) in [5, 5.41) is 6.79. The molecule has 1 N–H and O–H groups in total. The smallest absolute Gasteiger partial charge is 0.243 e. The molecule has 1 aromatic rings. The summed E-state index contributed by atoms with van der Waals surface area (Å²) in [4.78, 5) is 18.0. The molecule has 0 aromatic carbocycles. The van der Waals surface area contributed by atoms with Crippen LogP contribution in [0.15, 0.2) is 4.52 Å². The topological polar surface area (TPSA) is 80.5 Å². The van der Waals surface area contributed by atoms with Crippen LogP contribution in [-0.4, -0.2) is 54.8 Å². The van der Waals surface area contributed by atoms with E-state index in [0.717, 1.165) is 6.42 Å². The molecule has 1 amide bonds. The monoisotopic (exact) mass is 298 g/mol. The van der Waals surface area contributed by atoms with Gasteiger partial charge in [-0.25, -0.2) is 0 Å². The second kappa shape index (κ2) is 8.74. The molecule has 0 fully saturated rings. The number of carbonyl (C=O) groups is 1. The fourth-order valence-electron chi connectivity index (χ4n) is 1.70. The van der Waals surface area contributed by atoms with Gasteiger partial charge in [0.25, 0.3) is 0 Å². The third-order valence-electron chi connectivity index (χ3n) is 3.23. The Kier molecular flexibility index (Phi) is 7.31. The van der Waals surface area contributed by atoms with Gasteiger partial charge in [0.05, 0.1) is 12.6 Å². The zero-order chi connectivity index (χ0) is 15.8. The first kappa shape index (κ1) is 17.6. The number of hydrogen-bond donors (Lipinski definition) is 1. The van der Waals surface area contributed by atoms with E-state index in [2.05, 4.69) is 15.5 Å². The summed E-state index contributed by atoms with van der Waals surface area (Å²) in [5.74, 6) is 1.43. The van der Waals surface area contributed by atoms with Gasteiger partial charge in [0, 0.05) is 26.2 Å². The van der Waals surface area contributed by atoms with Crippen LogP contribution in [0.1, 0.15) is 50.9 Å². The maximum Gasteiger partial charge on any atom is 0.243 e. The van der Waals surface area contributed by atoms with Crippen molar-refractivity contribution in [2.24, 2.45) is 0 Å². The Morgan fingerprint density at radius 1 is 1.43 bits per heavy atom. The third kappa shape index (κ3) is 5.81. The molecular weight excluding hydrogens is 272 g/mol. The maximum atomic E-state index is 11.8. The minimum Gasteiger partial charge on any atom is -0.385 e. The van der Waals surface area contributed by atoms with Crippen molar-refractivity contribution in [3.05, 3.63) is 11.7 Å². The van der Waals surface area contributed by atoms with Gasteiger partial charge in [-0.1, -0.05) is 19.0 Å². The fourth-order valence-corrected chi connectivity index (χ4v) is 1.70. The molecule has 0 aliphatic heterocycles. The van der Waals surface area contributed by atoms with Crippen molar-refractivity contribution in [2.45, 2.75) is 39.2 Å². The zero-order valence-electron chi connectivity index (χ0n) is 13.5. The highest BCUT2D eigenvalue weighted by molar-refractivity contribution is 5.77. The van der Waals surface area contributed by atoms with E-state index in [-0.39, 0.29) is 24.4 Å². The standard InChI is InChI=1S/C14H26N4O3/c1-10(2)13-16-14(21-17-13)11(3)18(4)9-12(19)15-7-6-8-20-5/h10-11H,6-9H2,1-5H3,(H,15,19)/t11-/m0/s1. The lowest BCUT2D eigenvalue weighted by Crippen LogP contribution is -2.37. The Morgan fingerprint density at radius 2 is 2.14 bits per heavy atom. The summed E-state index contributed by atoms with van der Waals surface area (Å²) in [7, 11) is 3.51. The summed E-state index contributed by atoms with van der Waals surface area (Å²) in [6, 6.07) is -0.102. The van der Waals surface area contributed by atoms with Gasteiger partial charge in [-0.05, 0) is 20.4 Å². The van der Waals surface area contributed by atoms with E-state index >= 15 is 0 Å². The van der Waals surface area contributed by atoms with Crippen molar-refractivity contribution >= 4 is 5.91 Å². The third-order valence-corrected chi connectivity index (χ3v) is 3.23. The van der Waals surface area contributed by atoms with Gasteiger partial charge >= 0.3 is 0 Å². The van der Waals surface area contributed by atoms with Crippen molar-refractivity contribution in [3.63, 3.8) is 0 Å². The predicted molar refractivity (Wildman–Crippen MR) is 78.9 cm³/mol. The van der Waals surface area contributed by atoms with Gasteiger partial charge < -0.3 is 14.6 Å². The zero-order valence-corrected chi connectivity index (χ0v) is 13.5. The van der Waals surface area contributed by atoms with E-state index in [4.69, 9.17) is 9.26 Å². The molecular formula is C14H26N4O3. The van der Waals surface area contributed by atoms with E-state index in [9.17, 15) is 4.79 Å². The molecule has 0 spiro atoms. The average Bonchev–Trinajstić information content (AvgIpc) is 2.92. The van der Waals surface area contributed by atoms with Crippen LogP contribution in [0.3, 0.4) is 0 Å². The molecule has 7 heteroatoms. The highest BCUT2D eigenvalue weighted by Crippen LogP contribution is 2.18. The molecule has 21 heavy (non-hydrogen) atoms. The van der Waals surface area contributed by atoms with Crippen molar-refractivity contribution < 1.29 is 14.1 Å². The molecule has 0 bridgehead atoms. The van der Waals surface area contributed by atoms with Gasteiger partial charge in [0.2, 0.25) is 11.8 Å². The molecule has 1 heterocycles. The van der Waals surface area contributed by atoms with Crippen LogP contribution in [0.4, 0.5) is 0 Å². The number of carbonyl (C=O) groups excluding carboxylic acids is 1. The number of amides is 1. The molecule has 1 aromatic heterocycles. The van der Waals surface area contributed by atoms with E-state index in [1.54, 1.807) is 7.11 Å². The van der Waals surface area contributed by atoms with Gasteiger partial charge in [0.15, 0.2) is 5.82 Å². The summed E-state index contributed by atoms with van der Waals surface area (Å²) < 4.78 is 10.2. The number of likely N-dealkylation sites (N-methyl/N-ethyl adjacent to an activating group) is 1. The summed E-state index contributed by atoms with van der Waals surface area (Å²) in [6.07, 6.45) is 0.808. The van der Waals surface area contributed by atoms with Crippen LogP contribution >= 0.6 is 0 Å². The number of hydrogen-bond acceptors (Lipinski definition) is 6. The largest absolute Gasteiger partial charge is 0.385 e. The molecule has 1 rings (SSSR count). The number of rotatable bonds is 9. The van der Waals surface area contributed by atoms with Gasteiger partial charge in [0.1, 0.15) is 0 Å². The molecule has 0 unspecified atom stereocenters. The van der Waals surface area contributed by atoms with E-state index in [1.165, 1.54) is 0 Å². The molecule has 0 radical (unpaired) electrons. The lowest BCUT2D eigenvalue weighted by atomic mass is 10.2. The average molecular weight is 298 g/mol. The molecule has 0 saturated carbocycles. The molecule has 0 aliphatic rings. The summed E-state index contributed by atoms with van der Waals surface area (Å²) in [5.41, 5.74) is 0. The summed E-state index contributed by atoms with van der Waals surface area (Å²) in [6.45, 7) is 7.51. The quantitative estimate of drug-likeness (QED) is 0.693. The first-order valence-electron chi connectivity index (χ1n) is 7.25. The number of nitrogens with one attached hydrogen (secondary N) is 1. The van der Waals surface area contributed by atoms with Gasteiger partial charge in [-0.2, -0.15) is 4.98 Å². The molecule has 0 aliphatic carbocycles. The van der Waals surface area contributed by atoms with Crippen molar-refractivity contribution in [1.29, 1.82) is 0 Å². The Balaban J connectivity index is 2.42. The Morgan fingerprint density at radius 3 is 2.71 bits per heavy atom. The highest BCUT2D eigenvalue weighted by atomic mass is 16.5. The second-order valence-electron chi connectivity index (χ2n) is 5.43. The van der Waals surface area contributed by atoms with Crippen LogP contribution < -0.4 is 5.32 Å². The molecule has 120 valence electrons. The minimum absolute atomic E-state index is 0.0240.